The molecule has 2 bridgehead atoms. The lowest BCUT2D eigenvalue weighted by Gasteiger charge is -2.49. The van der Waals surface area contributed by atoms with Gasteiger partial charge in [0.05, 0.1) is 23.4 Å². The summed E-state index contributed by atoms with van der Waals surface area (Å²) in [6.45, 7) is 0.809. The van der Waals surface area contributed by atoms with E-state index < -0.39 is 5.97 Å². The van der Waals surface area contributed by atoms with Crippen LogP contribution in [0.5, 0.6) is 5.75 Å². The lowest BCUT2D eigenvalue weighted by atomic mass is 9.81. The highest BCUT2D eigenvalue weighted by Gasteiger charge is 2.38. The first kappa shape index (κ1) is 20.7. The van der Waals surface area contributed by atoms with Gasteiger partial charge in [0.2, 0.25) is 0 Å². The Labute approximate surface area is 170 Å². The number of fused-ring (bicyclic) bond motifs is 2. The molecule has 0 spiro atoms. The molecule has 2 atom stereocenters. The maximum atomic E-state index is 12.8. The van der Waals surface area contributed by atoms with Crippen molar-refractivity contribution in [2.75, 3.05) is 19.4 Å². The van der Waals surface area contributed by atoms with E-state index in [9.17, 15) is 9.59 Å². The number of anilines is 1. The average Bonchev–Trinajstić information content (AvgIpc) is 2.63. The van der Waals surface area contributed by atoms with E-state index in [0.29, 0.717) is 40.5 Å². The first-order valence-corrected chi connectivity index (χ1v) is 10.2. The molecule has 7 nitrogen and oxygen atoms in total. The Bertz CT molecular complexity index is 728. The summed E-state index contributed by atoms with van der Waals surface area (Å²) in [5, 5.41) is 12.4. The van der Waals surface area contributed by atoms with Gasteiger partial charge in [0, 0.05) is 30.6 Å². The van der Waals surface area contributed by atoms with Gasteiger partial charge in [-0.2, -0.15) is 0 Å². The number of nitrogens with zero attached hydrogens (tertiary/aromatic N) is 1. The number of ether oxygens (including phenoxy) is 1. The van der Waals surface area contributed by atoms with E-state index in [1.165, 1.54) is 13.5 Å². The van der Waals surface area contributed by atoms with Crippen LogP contribution in [0.3, 0.4) is 0 Å². The zero-order valence-electron chi connectivity index (χ0n) is 16.1. The molecule has 2 fully saturated rings. The first-order valence-electron chi connectivity index (χ1n) is 9.80. The lowest BCUT2D eigenvalue weighted by molar-refractivity contribution is -0.137. The fraction of sp³-hybridized carbons (Fsp3) is 0.600. The highest BCUT2D eigenvalue weighted by atomic mass is 35.5. The van der Waals surface area contributed by atoms with E-state index >= 15 is 0 Å². The summed E-state index contributed by atoms with van der Waals surface area (Å²) < 4.78 is 5.29. The zero-order chi connectivity index (χ0) is 20.3. The van der Waals surface area contributed by atoms with Crippen molar-refractivity contribution in [1.82, 2.24) is 10.2 Å². The molecule has 28 heavy (non-hydrogen) atoms. The van der Waals surface area contributed by atoms with Crippen LogP contribution in [0.15, 0.2) is 12.1 Å². The smallest absolute Gasteiger partial charge is 0.303 e. The molecule has 0 radical (unpaired) electrons. The van der Waals surface area contributed by atoms with Gasteiger partial charge in [-0.05, 0) is 44.7 Å². The van der Waals surface area contributed by atoms with E-state index in [1.807, 2.05) is 0 Å². The molecule has 2 saturated heterocycles. The molecule has 1 aromatic rings. The summed E-state index contributed by atoms with van der Waals surface area (Å²) in [5.74, 6) is -0.546. The molecule has 2 unspecified atom stereocenters. The largest absolute Gasteiger partial charge is 0.496 e. The average molecular weight is 410 g/mol. The number of aliphatic carboxylic acids is 1. The van der Waals surface area contributed by atoms with Crippen molar-refractivity contribution >= 4 is 29.2 Å². The number of halogens is 1. The van der Waals surface area contributed by atoms with Crippen molar-refractivity contribution in [2.24, 2.45) is 0 Å². The minimum absolute atomic E-state index is 0.0829. The molecule has 0 saturated carbocycles. The van der Waals surface area contributed by atoms with Crippen LogP contribution >= 0.6 is 11.6 Å². The predicted octanol–water partition coefficient (Wildman–Crippen LogP) is 2.91. The summed E-state index contributed by atoms with van der Waals surface area (Å²) in [6.07, 6.45) is 5.99. The number of nitrogens with one attached hydrogen (secondary N) is 1. The number of rotatable bonds is 7. The Hall–Kier alpha value is -1.99. The normalized spacial score (nSPS) is 24.6. The van der Waals surface area contributed by atoms with Gasteiger partial charge in [0.25, 0.3) is 5.91 Å². The minimum Gasteiger partial charge on any atom is -0.496 e. The molecule has 0 aromatic heterocycles. The van der Waals surface area contributed by atoms with E-state index in [-0.39, 0.29) is 18.4 Å². The van der Waals surface area contributed by atoms with E-state index in [1.54, 1.807) is 12.1 Å². The standard InChI is InChI=1S/C20H28ClN3O4/c1-28-18-11-17(22)16(21)10-15(18)20(27)23-12-8-13-4-2-5-14(9-12)24(13)7-3-6-19(25)26/h10-14H,2-9,22H2,1H3,(H,23,27)(H,25,26). The van der Waals surface area contributed by atoms with Gasteiger partial charge in [-0.15, -0.1) is 0 Å². The van der Waals surface area contributed by atoms with Gasteiger partial charge in [-0.1, -0.05) is 18.0 Å². The topological polar surface area (TPSA) is 105 Å². The van der Waals surface area contributed by atoms with Crippen LogP contribution in [0, 0.1) is 0 Å². The predicted molar refractivity (Wildman–Crippen MR) is 108 cm³/mol. The monoisotopic (exact) mass is 409 g/mol. The summed E-state index contributed by atoms with van der Waals surface area (Å²) >= 11 is 6.09. The number of carbonyl (C=O) groups excluding carboxylic acids is 1. The fourth-order valence-corrected chi connectivity index (χ4v) is 4.72. The Morgan fingerprint density at radius 3 is 2.61 bits per heavy atom. The number of methoxy groups -OCH3 is 1. The van der Waals surface area contributed by atoms with Crippen molar-refractivity contribution in [3.8, 4) is 5.75 Å². The molecular weight excluding hydrogens is 382 g/mol. The number of carboxylic acids is 1. The van der Waals surface area contributed by atoms with Gasteiger partial charge in [-0.25, -0.2) is 0 Å². The van der Waals surface area contributed by atoms with Crippen LogP contribution in [0.1, 0.15) is 55.3 Å². The molecular formula is C20H28ClN3O4. The number of carbonyl (C=O) groups is 2. The van der Waals surface area contributed by atoms with Crippen LogP contribution in [0.4, 0.5) is 5.69 Å². The highest BCUT2D eigenvalue weighted by Crippen LogP contribution is 2.35. The highest BCUT2D eigenvalue weighted by molar-refractivity contribution is 6.33. The second-order valence-electron chi connectivity index (χ2n) is 7.69. The Kier molecular flexibility index (Phi) is 6.67. The maximum absolute atomic E-state index is 12.8. The van der Waals surface area contributed by atoms with Crippen LogP contribution in [0.2, 0.25) is 5.02 Å². The molecule has 2 heterocycles. The van der Waals surface area contributed by atoms with E-state index in [4.69, 9.17) is 27.2 Å². The second-order valence-corrected chi connectivity index (χ2v) is 8.10. The number of carboxylic acid groups (broad SMARTS) is 1. The molecule has 1 amide bonds. The molecule has 154 valence electrons. The van der Waals surface area contributed by atoms with Gasteiger partial charge >= 0.3 is 5.97 Å². The first-order chi connectivity index (χ1) is 13.4. The van der Waals surface area contributed by atoms with Crippen molar-refractivity contribution in [1.29, 1.82) is 0 Å². The Morgan fingerprint density at radius 1 is 1.32 bits per heavy atom. The number of piperidine rings is 2. The van der Waals surface area contributed by atoms with Crippen LogP contribution in [-0.2, 0) is 4.79 Å². The molecule has 3 rings (SSSR count). The van der Waals surface area contributed by atoms with Gasteiger partial charge in [-0.3, -0.25) is 14.5 Å². The van der Waals surface area contributed by atoms with Crippen molar-refractivity contribution in [2.45, 2.75) is 63.1 Å². The number of benzene rings is 1. The lowest BCUT2D eigenvalue weighted by Crippen LogP contribution is -2.57. The molecule has 0 aliphatic carbocycles. The fourth-order valence-electron chi connectivity index (χ4n) is 4.55. The minimum atomic E-state index is -0.747. The third kappa shape index (κ3) is 4.70. The number of nitrogens with two attached hydrogens (primary N) is 1. The third-order valence-electron chi connectivity index (χ3n) is 5.83. The molecule has 8 heteroatoms. The summed E-state index contributed by atoms with van der Waals surface area (Å²) in [7, 11) is 1.50. The number of amides is 1. The van der Waals surface area contributed by atoms with Crippen molar-refractivity contribution < 1.29 is 19.4 Å². The molecule has 4 N–H and O–H groups in total. The number of hydrogen-bond acceptors (Lipinski definition) is 5. The quantitative estimate of drug-likeness (QED) is 0.598. The van der Waals surface area contributed by atoms with Crippen LogP contribution < -0.4 is 15.8 Å². The Balaban J connectivity index is 1.64. The number of hydrogen-bond donors (Lipinski definition) is 3. The van der Waals surface area contributed by atoms with Gasteiger partial charge in [0.15, 0.2) is 0 Å². The maximum Gasteiger partial charge on any atom is 0.303 e. The summed E-state index contributed by atoms with van der Waals surface area (Å²) in [4.78, 5) is 26.1. The molecule has 2 aliphatic heterocycles. The molecule has 2 aliphatic rings. The van der Waals surface area contributed by atoms with Crippen LogP contribution in [0.25, 0.3) is 0 Å². The van der Waals surface area contributed by atoms with Gasteiger partial charge in [0.1, 0.15) is 5.75 Å². The van der Waals surface area contributed by atoms with Crippen molar-refractivity contribution in [3.05, 3.63) is 22.7 Å². The Morgan fingerprint density at radius 2 is 2.00 bits per heavy atom. The van der Waals surface area contributed by atoms with Gasteiger partial charge < -0.3 is 20.9 Å². The number of nitrogen functional groups attached to an aromatic ring is 1. The third-order valence-corrected chi connectivity index (χ3v) is 6.16. The molecule has 1 aromatic carbocycles. The summed E-state index contributed by atoms with van der Waals surface area (Å²) in [6, 6.07) is 3.98. The van der Waals surface area contributed by atoms with E-state index in [0.717, 1.165) is 32.2 Å². The van der Waals surface area contributed by atoms with Crippen molar-refractivity contribution in [3.63, 3.8) is 0 Å². The van der Waals surface area contributed by atoms with Crippen LogP contribution in [-0.4, -0.2) is 53.7 Å². The second kappa shape index (κ2) is 9.01. The summed E-state index contributed by atoms with van der Waals surface area (Å²) in [5.41, 5.74) is 6.56. The SMILES string of the molecule is COc1cc(N)c(Cl)cc1C(=O)NC1CC2CCCC(C1)N2CCCC(=O)O. The zero-order valence-corrected chi connectivity index (χ0v) is 16.9. The van der Waals surface area contributed by atoms with E-state index in [2.05, 4.69) is 10.2 Å².